The predicted octanol–water partition coefficient (Wildman–Crippen LogP) is 1.88. The molecular formula is C14H15O2-. The molecule has 0 aliphatic heterocycles. The Morgan fingerprint density at radius 3 is 2.62 bits per heavy atom. The molecule has 0 bridgehead atoms. The van der Waals surface area contributed by atoms with Gasteiger partial charge in [0, 0.05) is 11.9 Å². The summed E-state index contributed by atoms with van der Waals surface area (Å²) in [6.45, 7) is 2.06. The van der Waals surface area contributed by atoms with E-state index in [0.717, 1.165) is 12.0 Å². The number of aliphatic carboxylic acids is 1. The molecule has 2 nitrogen and oxygen atoms in total. The van der Waals surface area contributed by atoms with Crippen LogP contribution in [0.15, 0.2) is 42.0 Å². The Balaban J connectivity index is 2.30. The highest BCUT2D eigenvalue weighted by atomic mass is 16.4. The number of carboxylic acid groups (broad SMARTS) is 1. The summed E-state index contributed by atoms with van der Waals surface area (Å²) in [4.78, 5) is 11.1. The van der Waals surface area contributed by atoms with Crippen molar-refractivity contribution in [1.82, 2.24) is 0 Å². The van der Waals surface area contributed by atoms with Crippen molar-refractivity contribution in [2.75, 3.05) is 0 Å². The van der Waals surface area contributed by atoms with Gasteiger partial charge in [0.1, 0.15) is 0 Å². The van der Waals surface area contributed by atoms with Gasteiger partial charge in [-0.1, -0.05) is 42.0 Å². The van der Waals surface area contributed by atoms with Gasteiger partial charge in [0.2, 0.25) is 0 Å². The summed E-state index contributed by atoms with van der Waals surface area (Å²) < 4.78 is 0. The fourth-order valence-corrected chi connectivity index (χ4v) is 2.38. The molecule has 0 amide bonds. The van der Waals surface area contributed by atoms with E-state index in [4.69, 9.17) is 0 Å². The van der Waals surface area contributed by atoms with Crippen LogP contribution < -0.4 is 5.11 Å². The predicted molar refractivity (Wildman–Crippen MR) is 60.7 cm³/mol. The van der Waals surface area contributed by atoms with Crippen LogP contribution in [0.1, 0.15) is 31.2 Å². The van der Waals surface area contributed by atoms with E-state index in [1.807, 2.05) is 36.4 Å². The van der Waals surface area contributed by atoms with Gasteiger partial charge in [0.15, 0.2) is 0 Å². The van der Waals surface area contributed by atoms with E-state index in [-0.39, 0.29) is 11.8 Å². The minimum Gasteiger partial charge on any atom is -0.550 e. The highest BCUT2D eigenvalue weighted by Crippen LogP contribution is 2.36. The van der Waals surface area contributed by atoms with E-state index in [1.165, 1.54) is 5.57 Å². The molecule has 1 aromatic carbocycles. The molecule has 2 heteroatoms. The zero-order chi connectivity index (χ0) is 11.5. The summed E-state index contributed by atoms with van der Waals surface area (Å²) in [5, 5.41) is 11.1. The topological polar surface area (TPSA) is 40.1 Å². The van der Waals surface area contributed by atoms with Crippen molar-refractivity contribution in [2.24, 2.45) is 5.92 Å². The van der Waals surface area contributed by atoms with Gasteiger partial charge in [0.05, 0.1) is 0 Å². The maximum Gasteiger partial charge on any atom is 0.0454 e. The monoisotopic (exact) mass is 215 g/mol. The normalized spacial score (nSPS) is 24.9. The van der Waals surface area contributed by atoms with Crippen molar-refractivity contribution in [3.05, 3.63) is 47.5 Å². The maximum absolute atomic E-state index is 11.1. The fraction of sp³-hybridized carbons (Fsp3) is 0.357. The second-order valence-corrected chi connectivity index (χ2v) is 4.43. The van der Waals surface area contributed by atoms with Gasteiger partial charge < -0.3 is 9.90 Å². The van der Waals surface area contributed by atoms with Crippen LogP contribution in [0.3, 0.4) is 0 Å². The number of hydrogen-bond donors (Lipinski definition) is 0. The first-order valence-corrected chi connectivity index (χ1v) is 5.60. The summed E-state index contributed by atoms with van der Waals surface area (Å²) >= 11 is 0. The lowest BCUT2D eigenvalue weighted by Crippen LogP contribution is -2.36. The molecule has 1 aromatic rings. The van der Waals surface area contributed by atoms with Crippen molar-refractivity contribution < 1.29 is 9.90 Å². The van der Waals surface area contributed by atoms with Crippen molar-refractivity contribution in [3.8, 4) is 0 Å². The average molecular weight is 215 g/mol. The van der Waals surface area contributed by atoms with Crippen LogP contribution >= 0.6 is 0 Å². The van der Waals surface area contributed by atoms with Crippen LogP contribution in [-0.4, -0.2) is 5.97 Å². The molecule has 2 rings (SSSR count). The molecule has 0 fully saturated rings. The SMILES string of the molecule is CC1=CC[C@H](C(=O)[O-])[C@H](c2ccccc2)C1. The molecule has 2 atom stereocenters. The molecule has 0 saturated carbocycles. The Morgan fingerprint density at radius 2 is 2.00 bits per heavy atom. The Bertz CT molecular complexity index is 406. The lowest BCUT2D eigenvalue weighted by molar-refractivity contribution is -0.312. The second-order valence-electron chi connectivity index (χ2n) is 4.43. The van der Waals surface area contributed by atoms with E-state index in [1.54, 1.807) is 0 Å². The summed E-state index contributed by atoms with van der Waals surface area (Å²) in [7, 11) is 0. The van der Waals surface area contributed by atoms with Crippen molar-refractivity contribution in [2.45, 2.75) is 25.7 Å². The number of carbonyl (C=O) groups is 1. The van der Waals surface area contributed by atoms with E-state index >= 15 is 0 Å². The third-order valence-electron chi connectivity index (χ3n) is 3.28. The molecule has 0 saturated heterocycles. The Morgan fingerprint density at radius 1 is 1.31 bits per heavy atom. The van der Waals surface area contributed by atoms with Crippen LogP contribution in [0.5, 0.6) is 0 Å². The van der Waals surface area contributed by atoms with Crippen LogP contribution in [0, 0.1) is 5.92 Å². The summed E-state index contributed by atoms with van der Waals surface area (Å²) in [5.41, 5.74) is 2.37. The molecule has 16 heavy (non-hydrogen) atoms. The molecule has 0 heterocycles. The lowest BCUT2D eigenvalue weighted by atomic mass is 9.76. The van der Waals surface area contributed by atoms with Gasteiger partial charge in [-0.05, 0) is 31.2 Å². The van der Waals surface area contributed by atoms with Crippen LogP contribution in [-0.2, 0) is 4.79 Å². The van der Waals surface area contributed by atoms with Crippen molar-refractivity contribution in [1.29, 1.82) is 0 Å². The van der Waals surface area contributed by atoms with Crippen LogP contribution in [0.2, 0.25) is 0 Å². The zero-order valence-electron chi connectivity index (χ0n) is 9.35. The summed E-state index contributed by atoms with van der Waals surface area (Å²) in [5.74, 6) is -1.25. The number of hydrogen-bond acceptors (Lipinski definition) is 2. The molecular weight excluding hydrogens is 200 g/mol. The highest BCUT2D eigenvalue weighted by molar-refractivity contribution is 5.70. The lowest BCUT2D eigenvalue weighted by Gasteiger charge is -2.31. The first kappa shape index (κ1) is 10.9. The number of rotatable bonds is 2. The van der Waals surface area contributed by atoms with E-state index in [2.05, 4.69) is 6.92 Å². The van der Waals surface area contributed by atoms with E-state index in [0.29, 0.717) is 6.42 Å². The maximum atomic E-state index is 11.1. The molecule has 0 N–H and O–H groups in total. The quantitative estimate of drug-likeness (QED) is 0.707. The largest absolute Gasteiger partial charge is 0.550 e. The molecule has 0 radical (unpaired) electrons. The van der Waals surface area contributed by atoms with Gasteiger partial charge >= 0.3 is 0 Å². The minimum absolute atomic E-state index is 0.0659. The molecule has 1 aliphatic carbocycles. The van der Waals surface area contributed by atoms with Gasteiger partial charge in [0.25, 0.3) is 0 Å². The van der Waals surface area contributed by atoms with Crippen LogP contribution in [0.25, 0.3) is 0 Å². The van der Waals surface area contributed by atoms with E-state index in [9.17, 15) is 9.90 Å². The number of allylic oxidation sites excluding steroid dienone is 2. The zero-order valence-corrected chi connectivity index (χ0v) is 9.35. The molecule has 0 spiro atoms. The molecule has 0 aromatic heterocycles. The highest BCUT2D eigenvalue weighted by Gasteiger charge is 2.26. The number of carbonyl (C=O) groups excluding carboxylic acids is 1. The first-order chi connectivity index (χ1) is 7.68. The smallest absolute Gasteiger partial charge is 0.0454 e. The molecule has 0 unspecified atom stereocenters. The van der Waals surface area contributed by atoms with Gasteiger partial charge in [-0.15, -0.1) is 0 Å². The molecule has 1 aliphatic rings. The van der Waals surface area contributed by atoms with Gasteiger partial charge in [-0.3, -0.25) is 0 Å². The Labute approximate surface area is 95.6 Å². The second kappa shape index (κ2) is 4.52. The average Bonchev–Trinajstić information content (AvgIpc) is 2.29. The van der Waals surface area contributed by atoms with Crippen molar-refractivity contribution >= 4 is 5.97 Å². The van der Waals surface area contributed by atoms with Crippen molar-refractivity contribution in [3.63, 3.8) is 0 Å². The summed E-state index contributed by atoms with van der Waals surface area (Å²) in [6, 6.07) is 9.85. The fourth-order valence-electron chi connectivity index (χ4n) is 2.38. The van der Waals surface area contributed by atoms with Crippen LogP contribution in [0.4, 0.5) is 0 Å². The minimum atomic E-state index is -0.933. The summed E-state index contributed by atoms with van der Waals surface area (Å²) in [6.07, 6.45) is 3.43. The van der Waals surface area contributed by atoms with Gasteiger partial charge in [-0.25, -0.2) is 0 Å². The third-order valence-corrected chi connectivity index (χ3v) is 3.28. The molecule has 84 valence electrons. The number of benzene rings is 1. The standard InChI is InChI=1S/C14H16O2/c1-10-7-8-12(14(15)16)13(9-10)11-5-3-2-4-6-11/h2-7,12-13H,8-9H2,1H3,(H,15,16)/p-1/t12-,13-/m0/s1. The van der Waals surface area contributed by atoms with Gasteiger partial charge in [-0.2, -0.15) is 0 Å². The third kappa shape index (κ3) is 2.16. The Kier molecular flexibility index (Phi) is 3.09. The van der Waals surface area contributed by atoms with E-state index < -0.39 is 5.97 Å². The first-order valence-electron chi connectivity index (χ1n) is 5.60. The number of carboxylic acids is 1. The Hall–Kier alpha value is -1.57.